The number of piperidine rings is 1. The lowest BCUT2D eigenvalue weighted by Crippen LogP contribution is -2.41. The molecule has 182 valence electrons. The molecule has 10 nitrogen and oxygen atoms in total. The van der Waals surface area contributed by atoms with Crippen LogP contribution < -0.4 is 15.2 Å². The van der Waals surface area contributed by atoms with Gasteiger partial charge in [-0.1, -0.05) is 0 Å². The van der Waals surface area contributed by atoms with Crippen LogP contribution in [0.25, 0.3) is 11.3 Å². The lowest BCUT2D eigenvalue weighted by atomic mass is 10.0. The molecule has 4 rings (SSSR count). The van der Waals surface area contributed by atoms with Crippen molar-refractivity contribution in [2.75, 3.05) is 27.3 Å². The fourth-order valence-corrected chi connectivity index (χ4v) is 4.01. The van der Waals surface area contributed by atoms with Crippen LogP contribution in [-0.2, 0) is 13.2 Å². The number of aromatic amines is 1. The number of likely N-dealkylation sites (tertiary alicyclic amines) is 1. The highest BCUT2D eigenvalue weighted by molar-refractivity contribution is 5.93. The molecule has 0 bridgehead atoms. The zero-order valence-corrected chi connectivity index (χ0v) is 18.7. The number of aromatic nitrogens is 5. The van der Waals surface area contributed by atoms with E-state index in [1.54, 1.807) is 29.2 Å². The molecule has 1 amide bonds. The molecule has 0 unspecified atom stereocenters. The first-order chi connectivity index (χ1) is 16.1. The number of methoxy groups -OCH3 is 2. The van der Waals surface area contributed by atoms with Gasteiger partial charge in [-0.3, -0.25) is 14.5 Å². The van der Waals surface area contributed by atoms with Gasteiger partial charge in [0.05, 0.1) is 26.0 Å². The van der Waals surface area contributed by atoms with E-state index in [4.69, 9.17) is 9.47 Å². The Morgan fingerprint density at radius 2 is 1.85 bits per heavy atom. The first-order valence-electron chi connectivity index (χ1n) is 10.4. The molecule has 0 saturated carbocycles. The number of hydrogen-bond donors (Lipinski definition) is 1. The highest BCUT2D eigenvalue weighted by Crippen LogP contribution is 2.33. The van der Waals surface area contributed by atoms with E-state index in [1.807, 2.05) is 0 Å². The first kappa shape index (κ1) is 23.4. The third kappa shape index (κ3) is 4.24. The predicted molar refractivity (Wildman–Crippen MR) is 114 cm³/mol. The van der Waals surface area contributed by atoms with Crippen molar-refractivity contribution in [1.82, 2.24) is 29.4 Å². The third-order valence-electron chi connectivity index (χ3n) is 5.85. The van der Waals surface area contributed by atoms with E-state index in [2.05, 4.69) is 15.3 Å². The quantitative estimate of drug-likeness (QED) is 0.601. The lowest BCUT2D eigenvalue weighted by Gasteiger charge is -2.31. The Morgan fingerprint density at radius 3 is 2.44 bits per heavy atom. The summed E-state index contributed by atoms with van der Waals surface area (Å²) < 4.78 is 51.2. The third-order valence-corrected chi connectivity index (χ3v) is 5.85. The van der Waals surface area contributed by atoms with Crippen molar-refractivity contribution in [2.45, 2.75) is 25.1 Å². The Kier molecular flexibility index (Phi) is 6.11. The van der Waals surface area contributed by atoms with Gasteiger partial charge >= 0.3 is 11.9 Å². The minimum atomic E-state index is -4.72. The summed E-state index contributed by atoms with van der Waals surface area (Å²) in [6.07, 6.45) is -4.13. The molecule has 0 radical (unpaired) electrons. The van der Waals surface area contributed by atoms with Crippen LogP contribution in [0.4, 0.5) is 13.2 Å². The van der Waals surface area contributed by atoms with Gasteiger partial charge in [-0.25, -0.2) is 9.48 Å². The van der Waals surface area contributed by atoms with Crippen LogP contribution in [0.2, 0.25) is 0 Å². The van der Waals surface area contributed by atoms with Crippen molar-refractivity contribution in [3.8, 4) is 22.8 Å². The second-order valence-corrected chi connectivity index (χ2v) is 7.86. The van der Waals surface area contributed by atoms with Crippen LogP contribution in [-0.4, -0.2) is 62.7 Å². The number of ether oxygens (including phenoxy) is 2. The molecule has 13 heteroatoms. The van der Waals surface area contributed by atoms with Gasteiger partial charge in [0.25, 0.3) is 5.91 Å². The maximum atomic E-state index is 13.1. The predicted octanol–water partition coefficient (Wildman–Crippen LogP) is 2.49. The average molecular weight is 480 g/mol. The number of carbonyl (C=O) groups excluding carboxylic acids is 1. The summed E-state index contributed by atoms with van der Waals surface area (Å²) in [7, 11) is 4.11. The summed E-state index contributed by atoms with van der Waals surface area (Å²) >= 11 is 0. The number of carbonyl (C=O) groups is 1. The van der Waals surface area contributed by atoms with Gasteiger partial charge in [0.2, 0.25) is 5.82 Å². The number of alkyl halides is 3. The minimum absolute atomic E-state index is 0.255. The molecule has 34 heavy (non-hydrogen) atoms. The maximum Gasteiger partial charge on any atom is 0.451 e. The topological polar surface area (TPSA) is 107 Å². The highest BCUT2D eigenvalue weighted by atomic mass is 19.4. The number of nitrogens with zero attached hydrogens (tertiary/aromatic N) is 5. The van der Waals surface area contributed by atoms with Gasteiger partial charge in [-0.05, 0) is 37.1 Å². The zero-order valence-electron chi connectivity index (χ0n) is 18.7. The van der Waals surface area contributed by atoms with Crippen molar-refractivity contribution in [2.24, 2.45) is 7.05 Å². The van der Waals surface area contributed by atoms with Crippen molar-refractivity contribution in [1.29, 1.82) is 0 Å². The number of rotatable bonds is 5. The summed E-state index contributed by atoms with van der Waals surface area (Å²) in [6.45, 7) is 0.509. The molecule has 1 saturated heterocycles. The number of benzene rings is 1. The summed E-state index contributed by atoms with van der Waals surface area (Å²) in [6, 6.07) is 6.30. The monoisotopic (exact) mass is 480 g/mol. The standard InChI is InChI=1S/C21H23F3N6O4/c1-28-19(21(22,23)24)27-30(20(28)32)12-6-8-29(9-7-12)18(31)16-11-15(25-26-16)14-10-13(33-2)4-5-17(14)34-3/h4-5,10-12H,6-9H2,1-3H3,(H,25,26). The molecule has 2 aromatic heterocycles. The van der Waals surface area contributed by atoms with Gasteiger partial charge < -0.3 is 14.4 Å². The molecule has 1 N–H and O–H groups in total. The molecule has 0 atom stereocenters. The van der Waals surface area contributed by atoms with Crippen LogP contribution in [0.5, 0.6) is 11.5 Å². The first-order valence-corrected chi connectivity index (χ1v) is 10.4. The lowest BCUT2D eigenvalue weighted by molar-refractivity contribution is -0.147. The van der Waals surface area contributed by atoms with Crippen LogP contribution >= 0.6 is 0 Å². The smallest absolute Gasteiger partial charge is 0.451 e. The second-order valence-electron chi connectivity index (χ2n) is 7.86. The van der Waals surface area contributed by atoms with Crippen molar-refractivity contribution >= 4 is 5.91 Å². The Hall–Kier alpha value is -3.77. The van der Waals surface area contributed by atoms with Crippen LogP contribution in [0.1, 0.15) is 35.2 Å². The number of amides is 1. The Labute approximate surface area is 191 Å². The normalized spacial score (nSPS) is 14.9. The molecule has 1 fully saturated rings. The summed E-state index contributed by atoms with van der Waals surface area (Å²) in [5.41, 5.74) is 0.565. The van der Waals surface area contributed by atoms with Crippen LogP contribution in [0.3, 0.4) is 0 Å². The molecule has 3 heterocycles. The molecule has 3 aromatic rings. The number of H-pyrrole nitrogens is 1. The van der Waals surface area contributed by atoms with Gasteiger partial charge in [-0.15, -0.1) is 5.10 Å². The van der Waals surface area contributed by atoms with Crippen LogP contribution in [0, 0.1) is 0 Å². The van der Waals surface area contributed by atoms with Crippen molar-refractivity contribution < 1.29 is 27.4 Å². The molecule has 1 aliphatic rings. The van der Waals surface area contributed by atoms with E-state index in [0.29, 0.717) is 40.2 Å². The fraction of sp³-hybridized carbons (Fsp3) is 0.429. The molecule has 0 spiro atoms. The molecule has 1 aliphatic heterocycles. The number of nitrogens with one attached hydrogen (secondary N) is 1. The van der Waals surface area contributed by atoms with E-state index in [9.17, 15) is 22.8 Å². The van der Waals surface area contributed by atoms with E-state index in [0.717, 1.165) is 11.7 Å². The van der Waals surface area contributed by atoms with Gasteiger partial charge in [0.15, 0.2) is 0 Å². The molecular formula is C21H23F3N6O4. The molecule has 1 aromatic carbocycles. The summed E-state index contributed by atoms with van der Waals surface area (Å²) in [5.74, 6) is -0.379. The largest absolute Gasteiger partial charge is 0.497 e. The molecular weight excluding hydrogens is 457 g/mol. The number of halogens is 3. The maximum absolute atomic E-state index is 13.1. The van der Waals surface area contributed by atoms with Gasteiger partial charge in [-0.2, -0.15) is 18.3 Å². The highest BCUT2D eigenvalue weighted by Gasteiger charge is 2.39. The van der Waals surface area contributed by atoms with Gasteiger partial charge in [0.1, 0.15) is 17.2 Å². The van der Waals surface area contributed by atoms with E-state index < -0.39 is 23.7 Å². The fourth-order valence-electron chi connectivity index (χ4n) is 4.01. The SMILES string of the molecule is COc1ccc(OC)c(-c2cc(C(=O)N3CCC(n4nc(C(F)(F)F)n(C)c4=O)CC3)[nH]n2)c1. The van der Waals surface area contributed by atoms with Gasteiger partial charge in [0, 0.05) is 25.7 Å². The van der Waals surface area contributed by atoms with E-state index >= 15 is 0 Å². The Bertz CT molecular complexity index is 1250. The second kappa shape index (κ2) is 8.88. The Morgan fingerprint density at radius 1 is 1.15 bits per heavy atom. The molecule has 0 aliphatic carbocycles. The summed E-state index contributed by atoms with van der Waals surface area (Å²) in [5, 5.41) is 10.5. The van der Waals surface area contributed by atoms with Crippen LogP contribution in [0.15, 0.2) is 29.1 Å². The summed E-state index contributed by atoms with van der Waals surface area (Å²) in [4.78, 5) is 26.8. The van der Waals surface area contributed by atoms with Crippen molar-refractivity contribution in [3.63, 3.8) is 0 Å². The van der Waals surface area contributed by atoms with Crippen molar-refractivity contribution in [3.05, 3.63) is 46.3 Å². The Balaban J connectivity index is 1.48. The van der Waals surface area contributed by atoms with E-state index in [-0.39, 0.29) is 24.7 Å². The zero-order chi connectivity index (χ0) is 24.6. The minimum Gasteiger partial charge on any atom is -0.497 e. The van der Waals surface area contributed by atoms with E-state index in [1.165, 1.54) is 14.2 Å². The number of hydrogen-bond acceptors (Lipinski definition) is 6. The average Bonchev–Trinajstić information content (AvgIpc) is 3.43.